The average molecular weight is 494 g/mol. The summed E-state index contributed by atoms with van der Waals surface area (Å²) in [4.78, 5) is 40.7. The Hall–Kier alpha value is -3.65. The number of anilines is 3. The van der Waals surface area contributed by atoms with Crippen LogP contribution in [0.5, 0.6) is 5.75 Å². The zero-order valence-electron chi connectivity index (χ0n) is 17.2. The third-order valence-electron chi connectivity index (χ3n) is 5.10. The van der Waals surface area contributed by atoms with Gasteiger partial charge in [0, 0.05) is 10.2 Å². The number of halogens is 1. The number of benzene rings is 3. The first-order valence-corrected chi connectivity index (χ1v) is 10.7. The van der Waals surface area contributed by atoms with Crippen LogP contribution in [0.25, 0.3) is 0 Å². The molecule has 0 bridgehead atoms. The first-order chi connectivity index (χ1) is 15.5. The van der Waals surface area contributed by atoms with E-state index in [1.165, 1.54) is 12.0 Å². The van der Waals surface area contributed by atoms with Gasteiger partial charge in [-0.05, 0) is 48.5 Å². The number of para-hydroxylation sites is 3. The normalized spacial score (nSPS) is 14.9. The molecule has 0 saturated heterocycles. The molecule has 1 heterocycles. The van der Waals surface area contributed by atoms with Crippen LogP contribution in [0.1, 0.15) is 16.8 Å². The van der Waals surface area contributed by atoms with Crippen molar-refractivity contribution in [1.82, 2.24) is 0 Å². The Morgan fingerprint density at radius 2 is 1.72 bits per heavy atom. The third kappa shape index (κ3) is 4.36. The molecule has 7 nitrogen and oxygen atoms in total. The Morgan fingerprint density at radius 3 is 2.47 bits per heavy atom. The summed E-state index contributed by atoms with van der Waals surface area (Å²) >= 11 is 3.35. The molecule has 3 amide bonds. The molecule has 32 heavy (non-hydrogen) atoms. The molecule has 4 rings (SSSR count). The number of amides is 3. The van der Waals surface area contributed by atoms with Crippen molar-refractivity contribution in [2.24, 2.45) is 0 Å². The summed E-state index contributed by atoms with van der Waals surface area (Å²) in [5, 5.41) is 5.58. The molecule has 0 radical (unpaired) electrons. The van der Waals surface area contributed by atoms with E-state index in [1.54, 1.807) is 72.8 Å². The number of nitrogens with one attached hydrogen (secondary N) is 2. The number of methoxy groups -OCH3 is 1. The summed E-state index contributed by atoms with van der Waals surface area (Å²) in [5.74, 6) is -0.854. The standard InChI is InChI=1S/C24H20BrN3O4/c1-32-21-9-5-2-6-17(21)24(31)28-19-8-4-3-7-18(19)27-23(30)20(28)14-22(29)26-16-12-10-15(25)11-13-16/h2-13,20H,14H2,1H3,(H,26,29)(H,27,30)/t20-/m1/s1. The van der Waals surface area contributed by atoms with Crippen LogP contribution in [-0.2, 0) is 9.59 Å². The highest BCUT2D eigenvalue weighted by Crippen LogP contribution is 2.35. The molecule has 1 aliphatic rings. The van der Waals surface area contributed by atoms with E-state index in [2.05, 4.69) is 26.6 Å². The highest BCUT2D eigenvalue weighted by Gasteiger charge is 2.39. The molecule has 2 N–H and O–H groups in total. The first kappa shape index (κ1) is 21.6. The van der Waals surface area contributed by atoms with E-state index in [0.717, 1.165) is 4.47 Å². The lowest BCUT2D eigenvalue weighted by Gasteiger charge is -2.36. The van der Waals surface area contributed by atoms with Crippen LogP contribution in [0.2, 0.25) is 0 Å². The SMILES string of the molecule is COc1ccccc1C(=O)N1c2ccccc2NC(=O)[C@H]1CC(=O)Nc1ccc(Br)cc1. The lowest BCUT2D eigenvalue weighted by Crippen LogP contribution is -2.52. The summed E-state index contributed by atoms with van der Waals surface area (Å²) in [6.07, 6.45) is -0.211. The van der Waals surface area contributed by atoms with Crippen LogP contribution in [0.15, 0.2) is 77.3 Å². The van der Waals surface area contributed by atoms with Crippen LogP contribution >= 0.6 is 15.9 Å². The van der Waals surface area contributed by atoms with E-state index in [0.29, 0.717) is 28.4 Å². The fourth-order valence-electron chi connectivity index (χ4n) is 3.60. The minimum Gasteiger partial charge on any atom is -0.496 e. The number of carbonyl (C=O) groups excluding carboxylic acids is 3. The van der Waals surface area contributed by atoms with E-state index in [1.807, 2.05) is 0 Å². The van der Waals surface area contributed by atoms with Crippen molar-refractivity contribution in [2.75, 3.05) is 22.6 Å². The molecule has 3 aromatic carbocycles. The summed E-state index contributed by atoms with van der Waals surface area (Å²) < 4.78 is 6.23. The quantitative estimate of drug-likeness (QED) is 0.549. The molecular formula is C24H20BrN3O4. The molecule has 0 saturated carbocycles. The van der Waals surface area contributed by atoms with Crippen molar-refractivity contribution in [1.29, 1.82) is 0 Å². The fraction of sp³-hybridized carbons (Fsp3) is 0.125. The summed E-state index contributed by atoms with van der Waals surface area (Å²) in [6.45, 7) is 0. The first-order valence-electron chi connectivity index (χ1n) is 9.90. The Balaban J connectivity index is 1.67. The molecule has 3 aromatic rings. The molecule has 0 spiro atoms. The largest absolute Gasteiger partial charge is 0.496 e. The molecule has 0 aromatic heterocycles. The maximum Gasteiger partial charge on any atom is 0.262 e. The molecule has 0 unspecified atom stereocenters. The van der Waals surface area contributed by atoms with Crippen molar-refractivity contribution < 1.29 is 19.1 Å². The van der Waals surface area contributed by atoms with E-state index in [9.17, 15) is 14.4 Å². The van der Waals surface area contributed by atoms with E-state index in [-0.39, 0.29) is 12.3 Å². The Kier molecular flexibility index (Phi) is 6.23. The zero-order valence-corrected chi connectivity index (χ0v) is 18.8. The second-order valence-electron chi connectivity index (χ2n) is 7.16. The van der Waals surface area contributed by atoms with E-state index < -0.39 is 17.9 Å². The number of hydrogen-bond acceptors (Lipinski definition) is 4. The van der Waals surface area contributed by atoms with Gasteiger partial charge in [0.15, 0.2) is 0 Å². The van der Waals surface area contributed by atoms with Crippen molar-refractivity contribution in [3.05, 3.63) is 82.8 Å². The second kappa shape index (κ2) is 9.23. The van der Waals surface area contributed by atoms with Gasteiger partial charge in [0.2, 0.25) is 11.8 Å². The Labute approximate surface area is 193 Å². The van der Waals surface area contributed by atoms with Gasteiger partial charge in [0.05, 0.1) is 30.5 Å². The van der Waals surface area contributed by atoms with Gasteiger partial charge in [-0.2, -0.15) is 0 Å². The van der Waals surface area contributed by atoms with Gasteiger partial charge in [0.1, 0.15) is 11.8 Å². The molecule has 8 heteroatoms. The van der Waals surface area contributed by atoms with Crippen LogP contribution in [0.3, 0.4) is 0 Å². The fourth-order valence-corrected chi connectivity index (χ4v) is 3.86. The number of rotatable bonds is 5. The van der Waals surface area contributed by atoms with Gasteiger partial charge >= 0.3 is 0 Å². The van der Waals surface area contributed by atoms with Crippen molar-refractivity contribution >= 4 is 50.7 Å². The van der Waals surface area contributed by atoms with E-state index in [4.69, 9.17) is 4.74 Å². The highest BCUT2D eigenvalue weighted by molar-refractivity contribution is 9.10. The van der Waals surface area contributed by atoms with Crippen molar-refractivity contribution in [3.63, 3.8) is 0 Å². The molecular weight excluding hydrogens is 474 g/mol. The minimum absolute atomic E-state index is 0.211. The smallest absolute Gasteiger partial charge is 0.262 e. The van der Waals surface area contributed by atoms with Crippen molar-refractivity contribution in [3.8, 4) is 5.75 Å². The van der Waals surface area contributed by atoms with Crippen LogP contribution < -0.4 is 20.3 Å². The number of hydrogen-bond donors (Lipinski definition) is 2. The third-order valence-corrected chi connectivity index (χ3v) is 5.63. The van der Waals surface area contributed by atoms with Crippen LogP contribution in [0.4, 0.5) is 17.1 Å². The predicted molar refractivity (Wildman–Crippen MR) is 126 cm³/mol. The van der Waals surface area contributed by atoms with Gasteiger partial charge in [-0.25, -0.2) is 0 Å². The Bertz CT molecular complexity index is 1180. The number of fused-ring (bicyclic) bond motifs is 1. The zero-order chi connectivity index (χ0) is 22.7. The maximum atomic E-state index is 13.6. The second-order valence-corrected chi connectivity index (χ2v) is 8.07. The van der Waals surface area contributed by atoms with Gasteiger partial charge in [-0.1, -0.05) is 40.2 Å². The average Bonchev–Trinajstić information content (AvgIpc) is 2.80. The van der Waals surface area contributed by atoms with Gasteiger partial charge in [-0.3, -0.25) is 19.3 Å². The molecule has 0 aliphatic carbocycles. The number of nitrogens with zero attached hydrogens (tertiary/aromatic N) is 1. The number of carbonyl (C=O) groups is 3. The van der Waals surface area contributed by atoms with Gasteiger partial charge in [0.25, 0.3) is 5.91 Å². The van der Waals surface area contributed by atoms with Gasteiger partial charge in [-0.15, -0.1) is 0 Å². The topological polar surface area (TPSA) is 87.7 Å². The molecule has 0 fully saturated rings. The minimum atomic E-state index is -1.03. The van der Waals surface area contributed by atoms with E-state index >= 15 is 0 Å². The van der Waals surface area contributed by atoms with Crippen LogP contribution in [-0.4, -0.2) is 30.9 Å². The molecule has 1 aliphatic heterocycles. The Morgan fingerprint density at radius 1 is 1.03 bits per heavy atom. The summed E-state index contributed by atoms with van der Waals surface area (Å²) in [5.41, 5.74) is 1.92. The number of ether oxygens (including phenoxy) is 1. The van der Waals surface area contributed by atoms with Crippen molar-refractivity contribution in [2.45, 2.75) is 12.5 Å². The van der Waals surface area contributed by atoms with Crippen LogP contribution in [0, 0.1) is 0 Å². The summed E-state index contributed by atoms with van der Waals surface area (Å²) in [7, 11) is 1.48. The molecule has 162 valence electrons. The predicted octanol–water partition coefficient (Wildman–Crippen LogP) is 4.45. The lowest BCUT2D eigenvalue weighted by molar-refractivity contribution is -0.122. The lowest BCUT2D eigenvalue weighted by atomic mass is 10.0. The highest BCUT2D eigenvalue weighted by atomic mass is 79.9. The maximum absolute atomic E-state index is 13.6. The van der Waals surface area contributed by atoms with Gasteiger partial charge < -0.3 is 15.4 Å². The molecule has 1 atom stereocenters. The summed E-state index contributed by atoms with van der Waals surface area (Å²) in [6, 6.07) is 19.9. The monoisotopic (exact) mass is 493 g/mol.